The quantitative estimate of drug-likeness (QED) is 0.697. The molecule has 1 atom stereocenters. The number of rotatable bonds is 6. The lowest BCUT2D eigenvalue weighted by Gasteiger charge is -2.16. The Hall–Kier alpha value is -2.68. The standard InChI is InChI=1S/C17H22N4O4S/c1-10(13-6-5-7-14(8-13)21-26(4,24)25)19-16(22)9-15-11(2)18-12(3)20-17(15)23/h5-8,10,21H,9H2,1-4H3,(H,19,22)(H,18,20,23)/t10-/m1/s1. The summed E-state index contributed by atoms with van der Waals surface area (Å²) < 4.78 is 25.1. The first-order valence-corrected chi connectivity index (χ1v) is 9.88. The monoisotopic (exact) mass is 378 g/mol. The van der Waals surface area contributed by atoms with Crippen LogP contribution in [0.1, 0.15) is 35.6 Å². The van der Waals surface area contributed by atoms with Gasteiger partial charge in [-0.2, -0.15) is 0 Å². The van der Waals surface area contributed by atoms with E-state index in [9.17, 15) is 18.0 Å². The number of nitrogens with one attached hydrogen (secondary N) is 3. The molecule has 0 spiro atoms. The molecular formula is C17H22N4O4S. The number of hydrogen-bond donors (Lipinski definition) is 3. The first kappa shape index (κ1) is 19.6. The van der Waals surface area contributed by atoms with Crippen molar-refractivity contribution in [2.75, 3.05) is 11.0 Å². The van der Waals surface area contributed by atoms with Gasteiger partial charge < -0.3 is 10.3 Å². The number of anilines is 1. The van der Waals surface area contributed by atoms with Crippen LogP contribution in [0.5, 0.6) is 0 Å². The van der Waals surface area contributed by atoms with E-state index >= 15 is 0 Å². The van der Waals surface area contributed by atoms with Gasteiger partial charge in [0, 0.05) is 16.9 Å². The summed E-state index contributed by atoms with van der Waals surface area (Å²) in [4.78, 5) is 31.0. The summed E-state index contributed by atoms with van der Waals surface area (Å²) in [6.45, 7) is 5.15. The highest BCUT2D eigenvalue weighted by atomic mass is 32.2. The van der Waals surface area contributed by atoms with Gasteiger partial charge in [-0.15, -0.1) is 0 Å². The number of hydrogen-bond acceptors (Lipinski definition) is 5. The van der Waals surface area contributed by atoms with E-state index in [4.69, 9.17) is 0 Å². The molecule has 1 aromatic heterocycles. The Morgan fingerprint density at radius 1 is 1.31 bits per heavy atom. The summed E-state index contributed by atoms with van der Waals surface area (Å²) in [5.74, 6) is 0.179. The van der Waals surface area contributed by atoms with Crippen molar-refractivity contribution < 1.29 is 13.2 Å². The molecule has 26 heavy (non-hydrogen) atoms. The molecule has 0 saturated heterocycles. The molecule has 8 nitrogen and oxygen atoms in total. The fourth-order valence-electron chi connectivity index (χ4n) is 2.58. The predicted molar refractivity (Wildman–Crippen MR) is 99.5 cm³/mol. The van der Waals surface area contributed by atoms with Gasteiger partial charge in [-0.25, -0.2) is 13.4 Å². The second kappa shape index (κ2) is 7.69. The molecule has 2 rings (SSSR count). The minimum Gasteiger partial charge on any atom is -0.349 e. The third-order valence-corrected chi connectivity index (χ3v) is 4.35. The minimum atomic E-state index is -3.38. The van der Waals surface area contributed by atoms with Crippen LogP contribution in [0.2, 0.25) is 0 Å². The van der Waals surface area contributed by atoms with E-state index in [2.05, 4.69) is 20.0 Å². The highest BCUT2D eigenvalue weighted by Crippen LogP contribution is 2.18. The fraction of sp³-hybridized carbons (Fsp3) is 0.353. The van der Waals surface area contributed by atoms with Crippen LogP contribution in [-0.4, -0.2) is 30.5 Å². The maximum Gasteiger partial charge on any atom is 0.254 e. The number of aromatic amines is 1. The van der Waals surface area contributed by atoms with Crippen LogP contribution in [0, 0.1) is 13.8 Å². The van der Waals surface area contributed by atoms with E-state index in [0.717, 1.165) is 11.8 Å². The van der Waals surface area contributed by atoms with Crippen molar-refractivity contribution in [2.45, 2.75) is 33.2 Å². The normalized spacial score (nSPS) is 12.5. The lowest BCUT2D eigenvalue weighted by atomic mass is 10.1. The average Bonchev–Trinajstić information content (AvgIpc) is 2.49. The van der Waals surface area contributed by atoms with Crippen LogP contribution in [0.4, 0.5) is 5.69 Å². The van der Waals surface area contributed by atoms with Crippen molar-refractivity contribution in [3.63, 3.8) is 0 Å². The van der Waals surface area contributed by atoms with Crippen molar-refractivity contribution in [3.8, 4) is 0 Å². The molecule has 0 saturated carbocycles. The Balaban J connectivity index is 2.10. The zero-order valence-corrected chi connectivity index (χ0v) is 15.9. The van der Waals surface area contributed by atoms with Crippen LogP contribution >= 0.6 is 0 Å². The van der Waals surface area contributed by atoms with Gasteiger partial charge in [0.1, 0.15) is 5.82 Å². The van der Waals surface area contributed by atoms with E-state index in [1.807, 2.05) is 0 Å². The van der Waals surface area contributed by atoms with Crippen LogP contribution < -0.4 is 15.6 Å². The van der Waals surface area contributed by atoms with E-state index in [-0.39, 0.29) is 23.9 Å². The van der Waals surface area contributed by atoms with Crippen LogP contribution in [0.3, 0.4) is 0 Å². The van der Waals surface area contributed by atoms with Crippen molar-refractivity contribution in [2.24, 2.45) is 0 Å². The zero-order chi connectivity index (χ0) is 19.5. The average molecular weight is 378 g/mol. The SMILES string of the molecule is Cc1nc(C)c(CC(=O)N[C@H](C)c2cccc(NS(C)(=O)=O)c2)c(=O)[nH]1. The molecule has 0 aliphatic rings. The van der Waals surface area contributed by atoms with Crippen molar-refractivity contribution in [1.82, 2.24) is 15.3 Å². The number of benzene rings is 1. The number of nitrogens with zero attached hydrogens (tertiary/aromatic N) is 1. The Morgan fingerprint density at radius 2 is 2.00 bits per heavy atom. The molecule has 0 aliphatic carbocycles. The number of sulfonamides is 1. The molecular weight excluding hydrogens is 356 g/mol. The molecule has 1 heterocycles. The molecule has 3 N–H and O–H groups in total. The summed E-state index contributed by atoms with van der Waals surface area (Å²) in [7, 11) is -3.38. The van der Waals surface area contributed by atoms with Crippen molar-refractivity contribution >= 4 is 21.6 Å². The first-order chi connectivity index (χ1) is 12.0. The summed E-state index contributed by atoms with van der Waals surface area (Å²) in [5.41, 5.74) is 1.68. The van der Waals surface area contributed by atoms with Gasteiger partial charge in [0.2, 0.25) is 15.9 Å². The molecule has 1 amide bonds. The van der Waals surface area contributed by atoms with E-state index < -0.39 is 10.0 Å². The Morgan fingerprint density at radius 3 is 2.62 bits per heavy atom. The van der Waals surface area contributed by atoms with Crippen LogP contribution in [0.15, 0.2) is 29.1 Å². The summed E-state index contributed by atoms with van der Waals surface area (Å²) in [6.07, 6.45) is 0.987. The number of aryl methyl sites for hydroxylation is 2. The maximum atomic E-state index is 12.3. The lowest BCUT2D eigenvalue weighted by Crippen LogP contribution is -2.31. The Labute approximate surface area is 152 Å². The number of carbonyl (C=O) groups excluding carboxylic acids is 1. The van der Waals surface area contributed by atoms with Crippen LogP contribution in [0.25, 0.3) is 0 Å². The molecule has 0 fully saturated rings. The van der Waals surface area contributed by atoms with E-state index in [0.29, 0.717) is 22.8 Å². The van der Waals surface area contributed by atoms with E-state index in [1.54, 1.807) is 45.0 Å². The largest absolute Gasteiger partial charge is 0.349 e. The first-order valence-electron chi connectivity index (χ1n) is 7.98. The topological polar surface area (TPSA) is 121 Å². The Bertz CT molecular complexity index is 982. The molecule has 140 valence electrons. The molecule has 0 aliphatic heterocycles. The van der Waals surface area contributed by atoms with Crippen molar-refractivity contribution in [3.05, 3.63) is 57.3 Å². The smallest absolute Gasteiger partial charge is 0.254 e. The van der Waals surface area contributed by atoms with Gasteiger partial charge in [-0.1, -0.05) is 12.1 Å². The number of carbonyl (C=O) groups is 1. The molecule has 0 radical (unpaired) electrons. The maximum absolute atomic E-state index is 12.3. The van der Waals surface area contributed by atoms with Gasteiger partial charge in [0.15, 0.2) is 0 Å². The van der Waals surface area contributed by atoms with Gasteiger partial charge in [0.05, 0.1) is 18.7 Å². The highest BCUT2D eigenvalue weighted by Gasteiger charge is 2.15. The summed E-state index contributed by atoms with van der Waals surface area (Å²) in [6, 6.07) is 6.40. The summed E-state index contributed by atoms with van der Waals surface area (Å²) in [5, 5.41) is 2.81. The molecule has 0 unspecified atom stereocenters. The van der Waals surface area contributed by atoms with E-state index in [1.165, 1.54) is 0 Å². The molecule has 9 heteroatoms. The third kappa shape index (κ3) is 5.41. The number of aromatic nitrogens is 2. The second-order valence-electron chi connectivity index (χ2n) is 6.18. The molecule has 0 bridgehead atoms. The van der Waals surface area contributed by atoms with Crippen LogP contribution in [-0.2, 0) is 21.2 Å². The second-order valence-corrected chi connectivity index (χ2v) is 7.93. The lowest BCUT2D eigenvalue weighted by molar-refractivity contribution is -0.121. The fourth-order valence-corrected chi connectivity index (χ4v) is 3.14. The third-order valence-electron chi connectivity index (χ3n) is 3.75. The van der Waals surface area contributed by atoms with Gasteiger partial charge in [-0.05, 0) is 38.5 Å². The Kier molecular flexibility index (Phi) is 5.81. The zero-order valence-electron chi connectivity index (χ0n) is 15.1. The van der Waals surface area contributed by atoms with Gasteiger partial charge in [0.25, 0.3) is 5.56 Å². The van der Waals surface area contributed by atoms with Gasteiger partial charge >= 0.3 is 0 Å². The summed E-state index contributed by atoms with van der Waals surface area (Å²) >= 11 is 0. The molecule has 2 aromatic rings. The number of H-pyrrole nitrogens is 1. The predicted octanol–water partition coefficient (Wildman–Crippen LogP) is 1.18. The van der Waals surface area contributed by atoms with Crippen molar-refractivity contribution in [1.29, 1.82) is 0 Å². The molecule has 1 aromatic carbocycles. The highest BCUT2D eigenvalue weighted by molar-refractivity contribution is 7.92. The minimum absolute atomic E-state index is 0.0833. The van der Waals surface area contributed by atoms with Gasteiger partial charge in [-0.3, -0.25) is 14.3 Å². The number of amides is 1.